The highest BCUT2D eigenvalue weighted by atomic mass is 16.7. The van der Waals surface area contributed by atoms with Crippen LogP contribution in [0.1, 0.15) is 19.8 Å². The van der Waals surface area contributed by atoms with Gasteiger partial charge in [0.15, 0.2) is 12.6 Å². The second kappa shape index (κ2) is 13.0. The van der Waals surface area contributed by atoms with Crippen LogP contribution in [0.4, 0.5) is 0 Å². The van der Waals surface area contributed by atoms with Crippen LogP contribution >= 0.6 is 0 Å². The van der Waals surface area contributed by atoms with E-state index in [9.17, 15) is 30.3 Å². The van der Waals surface area contributed by atoms with E-state index >= 15 is 0 Å². The van der Waals surface area contributed by atoms with Crippen molar-refractivity contribution in [3.05, 3.63) is 0 Å². The summed E-state index contributed by atoms with van der Waals surface area (Å²) >= 11 is 0. The number of hydrogen-bond acceptors (Lipinski definition) is 15. The molecule has 1 amide bonds. The van der Waals surface area contributed by atoms with Crippen LogP contribution in [0.25, 0.3) is 0 Å². The molecule has 2 saturated heterocycles. The highest BCUT2D eigenvalue weighted by Gasteiger charge is 2.51. The van der Waals surface area contributed by atoms with E-state index in [2.05, 4.69) is 0 Å². The Bertz CT molecular complexity index is 785. The van der Waals surface area contributed by atoms with Gasteiger partial charge < -0.3 is 78.0 Å². The summed E-state index contributed by atoms with van der Waals surface area (Å²) in [5.41, 5.74) is 30.0. The Hall–Kier alpha value is -1.09. The minimum absolute atomic E-state index is 0.0165. The lowest BCUT2D eigenvalue weighted by atomic mass is 9.84. The van der Waals surface area contributed by atoms with Crippen molar-refractivity contribution in [3.63, 3.8) is 0 Å². The summed E-state index contributed by atoms with van der Waals surface area (Å²) in [4.78, 5) is 13.4. The standard InChI is InChI=1S/C22H44N6O10/c1-3-11(29)28(2)6-10-14(30)12(26)17(33)22(36-10)38-20-8(25)4-7(24)19(18(20)34)37-21-13(27)16(32)15(31)9(5-23)35-21/h7-10,12-22,30-34H,3-6,23-27H2,1-2H3/t7-,8+,9+,10+,12-,13+,14+,15+,16+,17+,18-,19+,20-,21+,22+/m0/s1. The molecule has 2 heterocycles. The van der Waals surface area contributed by atoms with Gasteiger partial charge in [0.2, 0.25) is 5.91 Å². The van der Waals surface area contributed by atoms with Crippen LogP contribution < -0.4 is 28.7 Å². The van der Waals surface area contributed by atoms with Gasteiger partial charge in [0.1, 0.15) is 48.8 Å². The number of carbonyl (C=O) groups is 1. The van der Waals surface area contributed by atoms with Gasteiger partial charge in [0, 0.05) is 38.6 Å². The highest BCUT2D eigenvalue weighted by Crippen LogP contribution is 2.31. The number of nitrogens with zero attached hydrogens (tertiary/aromatic N) is 1. The molecule has 0 unspecified atom stereocenters. The molecule has 3 aliphatic rings. The van der Waals surface area contributed by atoms with Crippen LogP contribution in [0.3, 0.4) is 0 Å². The summed E-state index contributed by atoms with van der Waals surface area (Å²) in [6, 6.07) is -3.95. The quantitative estimate of drug-likeness (QED) is 0.134. The third-order valence-electron chi connectivity index (χ3n) is 7.56. The van der Waals surface area contributed by atoms with Crippen molar-refractivity contribution in [1.82, 2.24) is 4.90 Å². The molecule has 0 aromatic heterocycles. The van der Waals surface area contributed by atoms with Gasteiger partial charge in [-0.3, -0.25) is 4.79 Å². The van der Waals surface area contributed by atoms with Gasteiger partial charge in [-0.25, -0.2) is 0 Å². The van der Waals surface area contributed by atoms with Gasteiger partial charge in [0.05, 0.1) is 18.2 Å². The van der Waals surface area contributed by atoms with Crippen molar-refractivity contribution in [1.29, 1.82) is 0 Å². The van der Waals surface area contributed by atoms with Crippen molar-refractivity contribution < 1.29 is 49.3 Å². The first-order chi connectivity index (χ1) is 17.8. The number of nitrogens with two attached hydrogens (primary N) is 5. The van der Waals surface area contributed by atoms with Crippen LogP contribution in [0.2, 0.25) is 0 Å². The number of hydrogen-bond donors (Lipinski definition) is 10. The molecule has 0 bridgehead atoms. The van der Waals surface area contributed by atoms with Crippen molar-refractivity contribution >= 4 is 5.91 Å². The van der Waals surface area contributed by atoms with Gasteiger partial charge in [-0.05, 0) is 6.42 Å². The molecule has 0 spiro atoms. The molecule has 15 atom stereocenters. The predicted octanol–water partition coefficient (Wildman–Crippen LogP) is -6.45. The first kappa shape index (κ1) is 31.4. The normalized spacial score (nSPS) is 48.1. The lowest BCUT2D eigenvalue weighted by molar-refractivity contribution is -0.317. The Balaban J connectivity index is 1.73. The summed E-state index contributed by atoms with van der Waals surface area (Å²) in [7, 11) is 1.54. The average Bonchev–Trinajstić information content (AvgIpc) is 2.89. The molecule has 0 radical (unpaired) electrons. The summed E-state index contributed by atoms with van der Waals surface area (Å²) in [6.07, 6.45) is -13.5. The zero-order chi connectivity index (χ0) is 28.5. The lowest BCUT2D eigenvalue weighted by Gasteiger charge is -2.48. The first-order valence-electron chi connectivity index (χ1n) is 12.8. The molecule has 1 saturated carbocycles. The SMILES string of the molecule is CCC(=O)N(C)C[C@H]1O[C@H](O[C@@H]2[C@@H](O)[C@H](O[C@H]3O[C@H](CN)[C@@H](O)[C@H](O)[C@H]3N)[C@@H](N)C[C@H]2N)[C@H](O)[C@@H](N)[C@@H]1O. The number of rotatable bonds is 8. The summed E-state index contributed by atoms with van der Waals surface area (Å²) in [5.74, 6) is -0.186. The largest absolute Gasteiger partial charge is 0.389 e. The molecule has 3 rings (SSSR count). The number of likely N-dealkylation sites (N-methyl/N-ethyl adjacent to an activating group) is 1. The van der Waals surface area contributed by atoms with E-state index in [0.29, 0.717) is 0 Å². The van der Waals surface area contributed by atoms with Gasteiger partial charge in [-0.2, -0.15) is 0 Å². The van der Waals surface area contributed by atoms with E-state index in [1.807, 2.05) is 0 Å². The smallest absolute Gasteiger partial charge is 0.222 e. The van der Waals surface area contributed by atoms with Crippen molar-refractivity contribution in [3.8, 4) is 0 Å². The fourth-order valence-corrected chi connectivity index (χ4v) is 5.09. The first-order valence-corrected chi connectivity index (χ1v) is 12.8. The average molecular weight is 553 g/mol. The molecule has 1 aliphatic carbocycles. The van der Waals surface area contributed by atoms with E-state index in [-0.39, 0.29) is 31.8 Å². The molecule has 0 aromatic rings. The minimum atomic E-state index is -1.49. The molecule has 38 heavy (non-hydrogen) atoms. The Labute approximate surface area is 220 Å². The fraction of sp³-hybridized carbons (Fsp3) is 0.955. The molecular weight excluding hydrogens is 508 g/mol. The second-order valence-corrected chi connectivity index (χ2v) is 10.3. The topological polar surface area (TPSA) is 288 Å². The van der Waals surface area contributed by atoms with Gasteiger partial charge >= 0.3 is 0 Å². The molecule has 2 aliphatic heterocycles. The van der Waals surface area contributed by atoms with E-state index in [1.54, 1.807) is 14.0 Å². The van der Waals surface area contributed by atoms with Crippen LogP contribution in [0.15, 0.2) is 0 Å². The highest BCUT2D eigenvalue weighted by molar-refractivity contribution is 5.75. The maximum absolute atomic E-state index is 12.0. The van der Waals surface area contributed by atoms with Crippen LogP contribution in [0, 0.1) is 0 Å². The van der Waals surface area contributed by atoms with Gasteiger partial charge in [0.25, 0.3) is 0 Å². The number of ether oxygens (including phenoxy) is 4. The Morgan fingerprint density at radius 2 is 1.37 bits per heavy atom. The van der Waals surface area contributed by atoms with E-state index in [1.165, 1.54) is 4.90 Å². The summed E-state index contributed by atoms with van der Waals surface area (Å²) in [5, 5.41) is 52.7. The number of amides is 1. The lowest BCUT2D eigenvalue weighted by Crippen LogP contribution is -2.69. The zero-order valence-corrected chi connectivity index (χ0v) is 21.6. The zero-order valence-electron chi connectivity index (χ0n) is 21.6. The molecule has 16 heteroatoms. The molecule has 0 aromatic carbocycles. The van der Waals surface area contributed by atoms with Gasteiger partial charge in [-0.15, -0.1) is 0 Å². The van der Waals surface area contributed by atoms with Crippen molar-refractivity contribution in [2.45, 2.75) is 111 Å². The molecule has 15 N–H and O–H groups in total. The molecule has 3 fully saturated rings. The summed E-state index contributed by atoms with van der Waals surface area (Å²) < 4.78 is 23.1. The summed E-state index contributed by atoms with van der Waals surface area (Å²) in [6.45, 7) is 1.55. The second-order valence-electron chi connectivity index (χ2n) is 10.3. The fourth-order valence-electron chi connectivity index (χ4n) is 5.09. The Kier molecular flexibility index (Phi) is 10.8. The maximum atomic E-state index is 12.0. The Morgan fingerprint density at radius 1 is 0.816 bits per heavy atom. The Morgan fingerprint density at radius 3 is 1.92 bits per heavy atom. The third kappa shape index (κ3) is 6.45. The molecular formula is C22H44N6O10. The molecule has 16 nitrogen and oxygen atoms in total. The monoisotopic (exact) mass is 552 g/mol. The molecule has 222 valence electrons. The maximum Gasteiger partial charge on any atom is 0.222 e. The van der Waals surface area contributed by atoms with E-state index in [4.69, 9.17) is 47.6 Å². The van der Waals surface area contributed by atoms with Gasteiger partial charge in [-0.1, -0.05) is 6.92 Å². The number of aliphatic hydroxyl groups is 5. The van der Waals surface area contributed by atoms with Crippen LogP contribution in [-0.2, 0) is 23.7 Å². The predicted molar refractivity (Wildman–Crippen MR) is 131 cm³/mol. The van der Waals surface area contributed by atoms with E-state index in [0.717, 1.165) is 0 Å². The minimum Gasteiger partial charge on any atom is -0.389 e. The number of aliphatic hydroxyl groups excluding tert-OH is 5. The van der Waals surface area contributed by atoms with Crippen LogP contribution in [-0.4, -0.2) is 148 Å². The van der Waals surface area contributed by atoms with Crippen LogP contribution in [0.5, 0.6) is 0 Å². The van der Waals surface area contributed by atoms with Crippen molar-refractivity contribution in [2.24, 2.45) is 28.7 Å². The van der Waals surface area contributed by atoms with Crippen molar-refractivity contribution in [2.75, 3.05) is 20.1 Å². The van der Waals surface area contributed by atoms with E-state index < -0.39 is 91.7 Å². The third-order valence-corrected chi connectivity index (χ3v) is 7.56. The number of carbonyl (C=O) groups excluding carboxylic acids is 1.